The van der Waals surface area contributed by atoms with Gasteiger partial charge in [0.25, 0.3) is 0 Å². The molecule has 0 unspecified atom stereocenters. The van der Waals surface area contributed by atoms with Gasteiger partial charge in [-0.05, 0) is 32.1 Å². The normalized spacial score (nSPS) is 22.5. The summed E-state index contributed by atoms with van der Waals surface area (Å²) in [6, 6.07) is 0. The van der Waals surface area contributed by atoms with Crippen molar-refractivity contribution in [1.82, 2.24) is 0 Å². The molecule has 0 aromatic heterocycles. The molecule has 11 heavy (non-hydrogen) atoms. The SMILES string of the molecule is C1=CCCC=CCCC/C=C/1. The van der Waals surface area contributed by atoms with E-state index in [1.807, 2.05) is 0 Å². The van der Waals surface area contributed by atoms with Crippen molar-refractivity contribution in [3.8, 4) is 0 Å². The van der Waals surface area contributed by atoms with E-state index in [1.54, 1.807) is 0 Å². The minimum atomic E-state index is 1.18. The third kappa shape index (κ3) is 4.60. The highest BCUT2D eigenvalue weighted by Gasteiger charge is 1.82. The van der Waals surface area contributed by atoms with Crippen LogP contribution in [0.5, 0.6) is 0 Å². The molecule has 0 aromatic carbocycles. The van der Waals surface area contributed by atoms with E-state index in [-0.39, 0.29) is 0 Å². The van der Waals surface area contributed by atoms with Gasteiger partial charge in [-0.1, -0.05) is 36.5 Å². The van der Waals surface area contributed by atoms with Crippen LogP contribution >= 0.6 is 0 Å². The lowest BCUT2D eigenvalue weighted by molar-refractivity contribution is 0.864. The van der Waals surface area contributed by atoms with Crippen molar-refractivity contribution in [2.75, 3.05) is 0 Å². The van der Waals surface area contributed by atoms with Crippen molar-refractivity contribution < 1.29 is 0 Å². The zero-order valence-electron chi connectivity index (χ0n) is 7.00. The summed E-state index contributed by atoms with van der Waals surface area (Å²) in [5.41, 5.74) is 0. The number of hydrogen-bond acceptors (Lipinski definition) is 0. The molecule has 0 saturated carbocycles. The van der Waals surface area contributed by atoms with Gasteiger partial charge in [-0.25, -0.2) is 0 Å². The average Bonchev–Trinajstić information content (AvgIpc) is 2.08. The van der Waals surface area contributed by atoms with Crippen molar-refractivity contribution in [2.24, 2.45) is 0 Å². The molecule has 0 aromatic rings. The van der Waals surface area contributed by atoms with Crippen molar-refractivity contribution in [1.29, 1.82) is 0 Å². The van der Waals surface area contributed by atoms with E-state index in [0.717, 1.165) is 0 Å². The molecule has 1 aliphatic rings. The van der Waals surface area contributed by atoms with Crippen LogP contribution in [0.3, 0.4) is 0 Å². The molecular weight excluding hydrogens is 132 g/mol. The molecule has 0 N–H and O–H groups in total. The third-order valence-corrected chi connectivity index (χ3v) is 1.79. The maximum Gasteiger partial charge on any atom is -0.0313 e. The number of hydrogen-bond donors (Lipinski definition) is 0. The molecule has 0 atom stereocenters. The van der Waals surface area contributed by atoms with Gasteiger partial charge in [0, 0.05) is 0 Å². The second kappa shape index (κ2) is 5.96. The van der Waals surface area contributed by atoms with Crippen LogP contribution < -0.4 is 0 Å². The molecule has 0 heterocycles. The largest absolute Gasteiger partial charge is 0.0885 e. The Balaban J connectivity index is 2.34. The van der Waals surface area contributed by atoms with Gasteiger partial charge in [0.05, 0.1) is 0 Å². The fraction of sp³-hybridized carbons (Fsp3) is 0.455. The van der Waals surface area contributed by atoms with Gasteiger partial charge in [-0.15, -0.1) is 0 Å². The summed E-state index contributed by atoms with van der Waals surface area (Å²) in [4.78, 5) is 0. The Morgan fingerprint density at radius 3 is 2.00 bits per heavy atom. The van der Waals surface area contributed by atoms with Crippen LogP contribution in [-0.2, 0) is 0 Å². The topological polar surface area (TPSA) is 0 Å². The van der Waals surface area contributed by atoms with Crippen molar-refractivity contribution in [3.05, 3.63) is 36.5 Å². The first kappa shape index (κ1) is 8.32. The summed E-state index contributed by atoms with van der Waals surface area (Å²) in [6.07, 6.45) is 19.5. The lowest BCUT2D eigenvalue weighted by Crippen LogP contribution is -1.68. The quantitative estimate of drug-likeness (QED) is 0.460. The Labute approximate surface area is 69.3 Å². The summed E-state index contributed by atoms with van der Waals surface area (Å²) in [6.45, 7) is 0. The molecule has 1 rings (SSSR count). The van der Waals surface area contributed by atoms with Gasteiger partial charge in [-0.2, -0.15) is 0 Å². The summed E-state index contributed by atoms with van der Waals surface area (Å²) in [7, 11) is 0. The van der Waals surface area contributed by atoms with Gasteiger partial charge < -0.3 is 0 Å². The summed E-state index contributed by atoms with van der Waals surface area (Å²) < 4.78 is 0. The Morgan fingerprint density at radius 2 is 1.09 bits per heavy atom. The van der Waals surface area contributed by atoms with Crippen molar-refractivity contribution in [3.63, 3.8) is 0 Å². The molecule has 0 fully saturated rings. The molecule has 0 amide bonds. The Kier molecular flexibility index (Phi) is 4.51. The molecular formula is C11H16. The highest BCUT2D eigenvalue weighted by atomic mass is 13.9. The van der Waals surface area contributed by atoms with Gasteiger partial charge >= 0.3 is 0 Å². The lowest BCUT2D eigenvalue weighted by Gasteiger charge is -1.88. The van der Waals surface area contributed by atoms with Crippen LogP contribution in [0.25, 0.3) is 0 Å². The number of rotatable bonds is 0. The van der Waals surface area contributed by atoms with Crippen LogP contribution in [0.2, 0.25) is 0 Å². The first-order valence-electron chi connectivity index (χ1n) is 4.47. The van der Waals surface area contributed by atoms with Gasteiger partial charge in [0.15, 0.2) is 0 Å². The standard InChI is InChI=1S/C11H16/c1-2-4-6-8-10-11-9-7-5-3-1/h1-4,9,11H,5-8,10H2/b3-1?,4-2+,11-9?. The Hall–Kier alpha value is -0.780. The monoisotopic (exact) mass is 148 g/mol. The highest BCUT2D eigenvalue weighted by molar-refractivity contribution is 5.03. The van der Waals surface area contributed by atoms with Crippen LogP contribution in [0, 0.1) is 0 Å². The average molecular weight is 148 g/mol. The molecule has 0 spiro atoms. The molecule has 0 aliphatic heterocycles. The maximum absolute atomic E-state index is 2.30. The highest BCUT2D eigenvalue weighted by Crippen LogP contribution is 2.02. The van der Waals surface area contributed by atoms with Gasteiger partial charge in [-0.3, -0.25) is 0 Å². The second-order valence-electron chi connectivity index (χ2n) is 2.84. The predicted octanol–water partition coefficient (Wildman–Crippen LogP) is 3.62. The van der Waals surface area contributed by atoms with E-state index in [1.165, 1.54) is 32.1 Å². The smallest absolute Gasteiger partial charge is 0.0313 e. The first-order chi connectivity index (χ1) is 5.50. The maximum atomic E-state index is 2.30. The number of allylic oxidation sites excluding steroid dienone is 6. The van der Waals surface area contributed by atoms with E-state index in [2.05, 4.69) is 36.5 Å². The first-order valence-corrected chi connectivity index (χ1v) is 4.47. The minimum absolute atomic E-state index is 1.18. The Morgan fingerprint density at radius 1 is 0.545 bits per heavy atom. The summed E-state index contributed by atoms with van der Waals surface area (Å²) >= 11 is 0. The van der Waals surface area contributed by atoms with Crippen LogP contribution in [-0.4, -0.2) is 0 Å². The lowest BCUT2D eigenvalue weighted by atomic mass is 10.2. The molecule has 0 nitrogen and oxygen atoms in total. The van der Waals surface area contributed by atoms with E-state index in [9.17, 15) is 0 Å². The zero-order valence-corrected chi connectivity index (χ0v) is 7.00. The molecule has 1 aliphatic carbocycles. The minimum Gasteiger partial charge on any atom is -0.0885 e. The van der Waals surface area contributed by atoms with Crippen LogP contribution in [0.15, 0.2) is 36.5 Å². The zero-order chi connectivity index (χ0) is 7.78. The van der Waals surface area contributed by atoms with E-state index >= 15 is 0 Å². The van der Waals surface area contributed by atoms with Crippen molar-refractivity contribution >= 4 is 0 Å². The molecule has 0 saturated heterocycles. The second-order valence-corrected chi connectivity index (χ2v) is 2.84. The predicted molar refractivity (Wildman–Crippen MR) is 50.5 cm³/mol. The van der Waals surface area contributed by atoms with Gasteiger partial charge in [0.2, 0.25) is 0 Å². The van der Waals surface area contributed by atoms with Crippen LogP contribution in [0.1, 0.15) is 32.1 Å². The van der Waals surface area contributed by atoms with E-state index < -0.39 is 0 Å². The summed E-state index contributed by atoms with van der Waals surface area (Å²) in [5.74, 6) is 0. The molecule has 0 radical (unpaired) electrons. The summed E-state index contributed by atoms with van der Waals surface area (Å²) in [5, 5.41) is 0. The fourth-order valence-corrected chi connectivity index (χ4v) is 1.13. The van der Waals surface area contributed by atoms with E-state index in [0.29, 0.717) is 0 Å². The third-order valence-electron chi connectivity index (χ3n) is 1.79. The fourth-order valence-electron chi connectivity index (χ4n) is 1.13. The molecule has 0 bridgehead atoms. The Bertz CT molecular complexity index is 161. The van der Waals surface area contributed by atoms with Crippen molar-refractivity contribution in [2.45, 2.75) is 32.1 Å². The van der Waals surface area contributed by atoms with E-state index in [4.69, 9.17) is 0 Å². The molecule has 60 valence electrons. The van der Waals surface area contributed by atoms with Crippen LogP contribution in [0.4, 0.5) is 0 Å². The van der Waals surface area contributed by atoms with Gasteiger partial charge in [0.1, 0.15) is 0 Å². The molecule has 0 heteroatoms.